The summed E-state index contributed by atoms with van der Waals surface area (Å²) < 4.78 is 4.73. The molecular formula is C22H22O3S. The molecular weight excluding hydrogens is 344 g/mol. The van der Waals surface area contributed by atoms with Crippen LogP contribution in [0.15, 0.2) is 41.3 Å². The number of thioether (sulfide) groups is 1. The molecule has 0 amide bonds. The average molecular weight is 366 g/mol. The normalized spacial score (nSPS) is 14.8. The molecule has 0 atom stereocenters. The molecule has 2 aromatic carbocycles. The molecule has 0 bridgehead atoms. The minimum absolute atomic E-state index is 0.171. The minimum atomic E-state index is -0.456. The second kappa shape index (κ2) is 7.57. The number of esters is 1. The van der Waals surface area contributed by atoms with E-state index >= 15 is 0 Å². The van der Waals surface area contributed by atoms with E-state index in [0.29, 0.717) is 11.1 Å². The Kier molecular flexibility index (Phi) is 5.41. The molecule has 134 valence electrons. The van der Waals surface area contributed by atoms with Crippen LogP contribution >= 0.6 is 11.8 Å². The molecule has 1 N–H and O–H groups in total. The van der Waals surface area contributed by atoms with Gasteiger partial charge >= 0.3 is 5.97 Å². The van der Waals surface area contributed by atoms with Crippen LogP contribution in [0.3, 0.4) is 0 Å². The Morgan fingerprint density at radius 3 is 2.58 bits per heavy atom. The minimum Gasteiger partial charge on any atom is -0.465 e. The van der Waals surface area contributed by atoms with Gasteiger partial charge in [0.15, 0.2) is 0 Å². The summed E-state index contributed by atoms with van der Waals surface area (Å²) >= 11 is 1.91. The van der Waals surface area contributed by atoms with Gasteiger partial charge in [-0.2, -0.15) is 0 Å². The van der Waals surface area contributed by atoms with E-state index in [9.17, 15) is 9.90 Å². The maximum absolute atomic E-state index is 11.7. The Morgan fingerprint density at radius 1 is 1.19 bits per heavy atom. The van der Waals surface area contributed by atoms with E-state index in [1.54, 1.807) is 18.2 Å². The number of rotatable bonds is 2. The second-order valence-electron chi connectivity index (χ2n) is 6.96. The van der Waals surface area contributed by atoms with Gasteiger partial charge in [-0.1, -0.05) is 25.7 Å². The fourth-order valence-electron chi connectivity index (χ4n) is 3.07. The van der Waals surface area contributed by atoms with Crippen molar-refractivity contribution >= 4 is 17.7 Å². The highest BCUT2D eigenvalue weighted by Gasteiger charge is 2.27. The van der Waals surface area contributed by atoms with Crippen LogP contribution in [-0.4, -0.2) is 23.9 Å². The van der Waals surface area contributed by atoms with Crippen molar-refractivity contribution in [1.29, 1.82) is 0 Å². The number of fused-ring (bicyclic) bond motifs is 1. The number of aliphatic hydroxyl groups is 1. The van der Waals surface area contributed by atoms with Gasteiger partial charge in [-0.15, -0.1) is 11.8 Å². The summed E-state index contributed by atoms with van der Waals surface area (Å²) in [6.07, 6.45) is 1.16. The van der Waals surface area contributed by atoms with E-state index in [0.717, 1.165) is 23.3 Å². The summed E-state index contributed by atoms with van der Waals surface area (Å²) in [5.74, 6) is 7.04. The molecule has 0 saturated carbocycles. The third-order valence-electron chi connectivity index (χ3n) is 4.73. The molecule has 0 radical (unpaired) electrons. The Labute approximate surface area is 158 Å². The number of carbonyl (C=O) groups excluding carboxylic acids is 1. The Balaban J connectivity index is 1.92. The van der Waals surface area contributed by atoms with Crippen LogP contribution in [0, 0.1) is 11.8 Å². The van der Waals surface area contributed by atoms with Gasteiger partial charge in [0, 0.05) is 16.0 Å². The molecule has 0 aromatic heterocycles. The summed E-state index contributed by atoms with van der Waals surface area (Å²) in [6.45, 7) is 4.33. The first-order chi connectivity index (χ1) is 12.4. The van der Waals surface area contributed by atoms with Crippen molar-refractivity contribution in [3.63, 3.8) is 0 Å². The lowest BCUT2D eigenvalue weighted by atomic mass is 9.81. The van der Waals surface area contributed by atoms with Crippen LogP contribution in [0.25, 0.3) is 0 Å². The zero-order valence-corrected chi connectivity index (χ0v) is 16.1. The lowest BCUT2D eigenvalue weighted by Gasteiger charge is -2.32. The molecule has 1 heterocycles. The van der Waals surface area contributed by atoms with Crippen LogP contribution in [0.4, 0.5) is 0 Å². The maximum Gasteiger partial charge on any atom is 0.338 e. The lowest BCUT2D eigenvalue weighted by Crippen LogP contribution is -2.22. The molecule has 0 unspecified atom stereocenters. The standard InChI is InChI=1S/C22H22O3S/c1-22(2)10-11-26-20-9-7-16(13-19(20)22)5-4-15-6-8-18(21(24)25-3)17(12-15)14-23/h6-9,12-13,23H,10-11,14H2,1-3H3. The van der Waals surface area contributed by atoms with Crippen molar-refractivity contribution < 1.29 is 14.6 Å². The quantitative estimate of drug-likeness (QED) is 0.641. The first kappa shape index (κ1) is 18.6. The molecule has 0 saturated heterocycles. The summed E-state index contributed by atoms with van der Waals surface area (Å²) in [7, 11) is 1.33. The highest BCUT2D eigenvalue weighted by Crippen LogP contribution is 2.41. The molecule has 0 fully saturated rings. The van der Waals surface area contributed by atoms with E-state index in [4.69, 9.17) is 4.74 Å². The average Bonchev–Trinajstić information content (AvgIpc) is 2.65. The molecule has 3 nitrogen and oxygen atoms in total. The van der Waals surface area contributed by atoms with E-state index in [2.05, 4.69) is 43.9 Å². The van der Waals surface area contributed by atoms with Crippen LogP contribution < -0.4 is 0 Å². The predicted octanol–water partition coefficient (Wildman–Crippen LogP) is 4.14. The molecule has 0 aliphatic carbocycles. The van der Waals surface area contributed by atoms with E-state index in [1.165, 1.54) is 17.6 Å². The third-order valence-corrected chi connectivity index (χ3v) is 5.80. The SMILES string of the molecule is COC(=O)c1ccc(C#Cc2ccc3c(c2)C(C)(C)CCS3)cc1CO. The van der Waals surface area contributed by atoms with Gasteiger partial charge in [-0.05, 0) is 65.1 Å². The van der Waals surface area contributed by atoms with Crippen molar-refractivity contribution in [3.05, 3.63) is 64.2 Å². The smallest absolute Gasteiger partial charge is 0.338 e. The van der Waals surface area contributed by atoms with Crippen molar-refractivity contribution in [1.82, 2.24) is 0 Å². The highest BCUT2D eigenvalue weighted by molar-refractivity contribution is 7.99. The Hall–Kier alpha value is -2.22. The number of carbonyl (C=O) groups is 1. The zero-order valence-electron chi connectivity index (χ0n) is 15.3. The summed E-state index contributed by atoms with van der Waals surface area (Å²) in [6, 6.07) is 11.5. The number of ether oxygens (including phenoxy) is 1. The van der Waals surface area contributed by atoms with Crippen molar-refractivity contribution in [2.24, 2.45) is 0 Å². The fraction of sp³-hybridized carbons (Fsp3) is 0.318. The Bertz CT molecular complexity index is 903. The molecule has 4 heteroatoms. The van der Waals surface area contributed by atoms with Gasteiger partial charge in [0.2, 0.25) is 0 Å². The van der Waals surface area contributed by atoms with E-state index in [-0.39, 0.29) is 12.0 Å². The largest absolute Gasteiger partial charge is 0.465 e. The number of methoxy groups -OCH3 is 1. The Morgan fingerprint density at radius 2 is 1.88 bits per heavy atom. The first-order valence-electron chi connectivity index (χ1n) is 8.56. The van der Waals surface area contributed by atoms with Gasteiger partial charge in [0.25, 0.3) is 0 Å². The fourth-order valence-corrected chi connectivity index (χ4v) is 4.56. The van der Waals surface area contributed by atoms with Gasteiger partial charge in [0.05, 0.1) is 19.3 Å². The highest BCUT2D eigenvalue weighted by atomic mass is 32.2. The number of aliphatic hydroxyl groups excluding tert-OH is 1. The lowest BCUT2D eigenvalue weighted by molar-refractivity contribution is 0.0597. The molecule has 26 heavy (non-hydrogen) atoms. The molecule has 3 rings (SSSR count). The van der Waals surface area contributed by atoms with Gasteiger partial charge in [-0.3, -0.25) is 0 Å². The summed E-state index contributed by atoms with van der Waals surface area (Å²) in [4.78, 5) is 13.1. The van der Waals surface area contributed by atoms with Crippen molar-refractivity contribution in [3.8, 4) is 11.8 Å². The number of benzene rings is 2. The van der Waals surface area contributed by atoms with Gasteiger partial charge < -0.3 is 9.84 Å². The first-order valence-corrected chi connectivity index (χ1v) is 9.54. The van der Waals surface area contributed by atoms with E-state index < -0.39 is 5.97 Å². The topological polar surface area (TPSA) is 46.5 Å². The summed E-state index contributed by atoms with van der Waals surface area (Å²) in [5.41, 5.74) is 4.15. The van der Waals surface area contributed by atoms with Crippen LogP contribution in [-0.2, 0) is 16.8 Å². The van der Waals surface area contributed by atoms with Crippen molar-refractivity contribution in [2.45, 2.75) is 37.2 Å². The van der Waals surface area contributed by atoms with Crippen LogP contribution in [0.1, 0.15) is 52.9 Å². The molecule has 1 aliphatic rings. The summed E-state index contributed by atoms with van der Waals surface area (Å²) in [5, 5.41) is 9.50. The second-order valence-corrected chi connectivity index (χ2v) is 8.10. The van der Waals surface area contributed by atoms with Crippen molar-refractivity contribution in [2.75, 3.05) is 12.9 Å². The molecule has 2 aromatic rings. The zero-order chi connectivity index (χ0) is 18.7. The van der Waals surface area contributed by atoms with Crippen LogP contribution in [0.5, 0.6) is 0 Å². The number of hydrogen-bond acceptors (Lipinski definition) is 4. The molecule has 1 aliphatic heterocycles. The molecule has 0 spiro atoms. The predicted molar refractivity (Wildman–Crippen MR) is 104 cm³/mol. The monoisotopic (exact) mass is 366 g/mol. The van der Waals surface area contributed by atoms with Gasteiger partial charge in [-0.25, -0.2) is 4.79 Å². The van der Waals surface area contributed by atoms with Crippen LogP contribution in [0.2, 0.25) is 0 Å². The van der Waals surface area contributed by atoms with Gasteiger partial charge in [0.1, 0.15) is 0 Å². The number of hydrogen-bond donors (Lipinski definition) is 1. The maximum atomic E-state index is 11.7. The third kappa shape index (κ3) is 3.80. The van der Waals surface area contributed by atoms with E-state index in [1.807, 2.05) is 11.8 Å².